The van der Waals surface area contributed by atoms with E-state index in [4.69, 9.17) is 9.47 Å². The molecule has 0 unspecified atom stereocenters. The Labute approximate surface area is 92.5 Å². The van der Waals surface area contributed by atoms with Gasteiger partial charge in [-0.25, -0.2) is 0 Å². The molecule has 0 bridgehead atoms. The second-order valence-corrected chi connectivity index (χ2v) is 3.21. The summed E-state index contributed by atoms with van der Waals surface area (Å²) in [5.41, 5.74) is 0. The highest BCUT2D eigenvalue weighted by atomic mass is 127. The van der Waals surface area contributed by atoms with Crippen LogP contribution in [-0.2, 0) is 14.3 Å². The topological polar surface area (TPSA) is 47.6 Å². The van der Waals surface area contributed by atoms with E-state index < -0.39 is 0 Å². The summed E-state index contributed by atoms with van der Waals surface area (Å²) >= 11 is 2.03. The molecule has 0 fully saturated rings. The largest absolute Gasteiger partial charge is 0.382 e. The number of nitrogens with one attached hydrogen (secondary N) is 1. The molecule has 0 aliphatic carbocycles. The van der Waals surface area contributed by atoms with Crippen LogP contribution in [0.5, 0.6) is 0 Å². The number of rotatable bonds is 8. The first-order valence-corrected chi connectivity index (χ1v) is 5.73. The zero-order valence-corrected chi connectivity index (χ0v) is 10.0. The van der Waals surface area contributed by atoms with E-state index in [9.17, 15) is 4.79 Å². The molecular formula is C8H16INO3. The van der Waals surface area contributed by atoms with Gasteiger partial charge >= 0.3 is 0 Å². The maximum absolute atomic E-state index is 10.8. The molecule has 0 atom stereocenters. The van der Waals surface area contributed by atoms with E-state index in [1.165, 1.54) is 0 Å². The summed E-state index contributed by atoms with van der Waals surface area (Å²) in [6.45, 7) is 2.61. The molecule has 0 aliphatic heterocycles. The van der Waals surface area contributed by atoms with Crippen molar-refractivity contribution in [3.8, 4) is 0 Å². The third-order valence-corrected chi connectivity index (χ3v) is 2.03. The molecule has 0 aromatic heterocycles. The molecule has 0 rings (SSSR count). The Balaban J connectivity index is 2.95. The van der Waals surface area contributed by atoms with Crippen LogP contribution in [0.2, 0.25) is 0 Å². The van der Waals surface area contributed by atoms with Gasteiger partial charge in [0.2, 0.25) is 5.91 Å². The molecule has 1 N–H and O–H groups in total. The molecule has 0 saturated carbocycles. The number of amides is 1. The fourth-order valence-corrected chi connectivity index (χ4v) is 0.963. The predicted octanol–water partition coefficient (Wildman–Crippen LogP) is 0.591. The average Bonchev–Trinajstić information content (AvgIpc) is 2.16. The fraction of sp³-hybridized carbons (Fsp3) is 0.875. The number of ether oxygens (including phenoxy) is 2. The van der Waals surface area contributed by atoms with Crippen molar-refractivity contribution in [2.75, 3.05) is 37.9 Å². The minimum atomic E-state index is 0.0810. The molecule has 0 aliphatic rings. The molecule has 0 aromatic carbocycles. The van der Waals surface area contributed by atoms with Crippen LogP contribution in [0.3, 0.4) is 0 Å². The number of hydrogen-bond acceptors (Lipinski definition) is 3. The quantitative estimate of drug-likeness (QED) is 0.405. The van der Waals surface area contributed by atoms with Gasteiger partial charge in [0.1, 0.15) is 0 Å². The van der Waals surface area contributed by atoms with Crippen molar-refractivity contribution in [3.05, 3.63) is 0 Å². The van der Waals surface area contributed by atoms with Gasteiger partial charge in [-0.05, 0) is 6.42 Å². The van der Waals surface area contributed by atoms with Gasteiger partial charge in [-0.1, -0.05) is 22.6 Å². The Hall–Kier alpha value is 0.120. The summed E-state index contributed by atoms with van der Waals surface area (Å²) in [6, 6.07) is 0. The number of halogens is 1. The Morgan fingerprint density at radius 1 is 1.38 bits per heavy atom. The SMILES string of the molecule is COCCOCCCNC(=O)CI. The second-order valence-electron chi connectivity index (χ2n) is 2.44. The van der Waals surface area contributed by atoms with Crippen LogP contribution in [0.1, 0.15) is 6.42 Å². The van der Waals surface area contributed by atoms with Gasteiger partial charge in [0.05, 0.1) is 17.6 Å². The molecular weight excluding hydrogens is 285 g/mol. The number of carbonyl (C=O) groups excluding carboxylic acids is 1. The highest BCUT2D eigenvalue weighted by molar-refractivity contribution is 14.1. The van der Waals surface area contributed by atoms with Crippen LogP contribution < -0.4 is 5.32 Å². The Morgan fingerprint density at radius 3 is 2.77 bits per heavy atom. The molecule has 1 amide bonds. The lowest BCUT2D eigenvalue weighted by atomic mass is 10.4. The van der Waals surface area contributed by atoms with Crippen molar-refractivity contribution in [3.63, 3.8) is 0 Å². The first-order valence-electron chi connectivity index (χ1n) is 4.20. The molecule has 0 radical (unpaired) electrons. The summed E-state index contributed by atoms with van der Waals surface area (Å²) in [6.07, 6.45) is 0.853. The van der Waals surface area contributed by atoms with E-state index >= 15 is 0 Å². The maximum atomic E-state index is 10.8. The number of methoxy groups -OCH3 is 1. The fourth-order valence-electron chi connectivity index (χ4n) is 0.694. The van der Waals surface area contributed by atoms with E-state index in [-0.39, 0.29) is 5.91 Å². The molecule has 0 aromatic rings. The first kappa shape index (κ1) is 13.1. The standard InChI is InChI=1S/C8H16INO3/c1-12-5-6-13-4-2-3-10-8(11)7-9/h2-7H2,1H3,(H,10,11). The van der Waals surface area contributed by atoms with Crippen molar-refractivity contribution in [1.29, 1.82) is 0 Å². The van der Waals surface area contributed by atoms with E-state index in [1.807, 2.05) is 22.6 Å². The zero-order valence-electron chi connectivity index (χ0n) is 7.85. The molecule has 13 heavy (non-hydrogen) atoms. The summed E-state index contributed by atoms with van der Waals surface area (Å²) < 4.78 is 10.5. The first-order chi connectivity index (χ1) is 6.31. The van der Waals surface area contributed by atoms with E-state index in [0.717, 1.165) is 6.42 Å². The third kappa shape index (κ3) is 10.0. The van der Waals surface area contributed by atoms with Crippen LogP contribution in [-0.4, -0.2) is 43.8 Å². The summed E-state index contributed by atoms with van der Waals surface area (Å²) in [5, 5.41) is 2.77. The highest BCUT2D eigenvalue weighted by Crippen LogP contribution is 1.83. The molecule has 78 valence electrons. The molecule has 0 heterocycles. The van der Waals surface area contributed by atoms with Gasteiger partial charge in [-0.15, -0.1) is 0 Å². The summed E-state index contributed by atoms with van der Waals surface area (Å²) in [4.78, 5) is 10.8. The molecule has 4 nitrogen and oxygen atoms in total. The maximum Gasteiger partial charge on any atom is 0.229 e. The van der Waals surface area contributed by atoms with Crippen molar-refractivity contribution in [1.82, 2.24) is 5.32 Å². The number of alkyl halides is 1. The van der Waals surface area contributed by atoms with Crippen molar-refractivity contribution in [2.45, 2.75) is 6.42 Å². The summed E-state index contributed by atoms with van der Waals surface area (Å²) in [5.74, 6) is 0.0810. The van der Waals surface area contributed by atoms with Crippen LogP contribution in [0.4, 0.5) is 0 Å². The second kappa shape index (κ2) is 10.2. The molecule has 5 heteroatoms. The van der Waals surface area contributed by atoms with Gasteiger partial charge in [0.25, 0.3) is 0 Å². The van der Waals surface area contributed by atoms with E-state index in [2.05, 4.69) is 5.32 Å². The smallest absolute Gasteiger partial charge is 0.229 e. The summed E-state index contributed by atoms with van der Waals surface area (Å²) in [7, 11) is 1.64. The van der Waals surface area contributed by atoms with Gasteiger partial charge in [0, 0.05) is 20.3 Å². The highest BCUT2D eigenvalue weighted by Gasteiger charge is 1.95. The van der Waals surface area contributed by atoms with Crippen LogP contribution in [0.25, 0.3) is 0 Å². The Bertz CT molecular complexity index is 133. The van der Waals surface area contributed by atoms with Crippen LogP contribution in [0.15, 0.2) is 0 Å². The third-order valence-electron chi connectivity index (χ3n) is 1.34. The normalized spacial score (nSPS) is 10.0. The average molecular weight is 301 g/mol. The van der Waals surface area contributed by atoms with Crippen LogP contribution in [0, 0.1) is 0 Å². The minimum Gasteiger partial charge on any atom is -0.382 e. The number of carbonyl (C=O) groups is 1. The van der Waals surface area contributed by atoms with Gasteiger partial charge < -0.3 is 14.8 Å². The zero-order chi connectivity index (χ0) is 9.94. The van der Waals surface area contributed by atoms with E-state index in [0.29, 0.717) is 30.8 Å². The van der Waals surface area contributed by atoms with Crippen molar-refractivity contribution < 1.29 is 14.3 Å². The van der Waals surface area contributed by atoms with Crippen molar-refractivity contribution in [2.24, 2.45) is 0 Å². The molecule has 0 saturated heterocycles. The minimum absolute atomic E-state index is 0.0810. The van der Waals surface area contributed by atoms with Crippen LogP contribution >= 0.6 is 22.6 Å². The van der Waals surface area contributed by atoms with Crippen molar-refractivity contribution >= 4 is 28.5 Å². The Kier molecular flexibility index (Phi) is 10.3. The lowest BCUT2D eigenvalue weighted by Gasteiger charge is -2.04. The lowest BCUT2D eigenvalue weighted by Crippen LogP contribution is -2.26. The van der Waals surface area contributed by atoms with Gasteiger partial charge in [0.15, 0.2) is 0 Å². The lowest BCUT2D eigenvalue weighted by molar-refractivity contribution is -0.118. The van der Waals surface area contributed by atoms with Gasteiger partial charge in [-0.3, -0.25) is 4.79 Å². The molecule has 0 spiro atoms. The van der Waals surface area contributed by atoms with E-state index in [1.54, 1.807) is 7.11 Å². The predicted molar refractivity (Wildman–Crippen MR) is 59.2 cm³/mol. The van der Waals surface area contributed by atoms with Gasteiger partial charge in [-0.2, -0.15) is 0 Å². The monoisotopic (exact) mass is 301 g/mol. The number of hydrogen-bond donors (Lipinski definition) is 1. The Morgan fingerprint density at radius 2 is 2.15 bits per heavy atom.